The van der Waals surface area contributed by atoms with Crippen LogP contribution in [0.25, 0.3) is 10.8 Å². The van der Waals surface area contributed by atoms with Crippen molar-refractivity contribution in [2.24, 2.45) is 11.8 Å². The van der Waals surface area contributed by atoms with Crippen molar-refractivity contribution in [1.29, 1.82) is 0 Å². The van der Waals surface area contributed by atoms with E-state index in [1.807, 2.05) is 0 Å². The van der Waals surface area contributed by atoms with Gasteiger partial charge in [-0.1, -0.05) is 42.5 Å². The van der Waals surface area contributed by atoms with E-state index >= 15 is 0 Å². The minimum atomic E-state index is -0.102. The number of hydrogen-bond donors (Lipinski definition) is 2. The molecule has 1 heterocycles. The van der Waals surface area contributed by atoms with E-state index in [0.29, 0.717) is 13.2 Å². The maximum absolute atomic E-state index is 12.8. The number of carbonyl (C=O) groups excluding carboxylic acids is 1. The summed E-state index contributed by atoms with van der Waals surface area (Å²) >= 11 is 0. The maximum Gasteiger partial charge on any atom is 0.224 e. The Bertz CT molecular complexity index is 1150. The lowest BCUT2D eigenvalue weighted by atomic mass is 9.88. The zero-order chi connectivity index (χ0) is 23.3. The fraction of sp³-hybridized carbons (Fsp3) is 0.414. The zero-order valence-electron chi connectivity index (χ0n) is 19.7. The Morgan fingerprint density at radius 3 is 2.74 bits per heavy atom. The van der Waals surface area contributed by atoms with E-state index in [-0.39, 0.29) is 24.3 Å². The molecule has 1 fully saturated rings. The Hall–Kier alpha value is -2.89. The van der Waals surface area contributed by atoms with Gasteiger partial charge in [-0.25, -0.2) is 0 Å². The molecule has 1 aliphatic carbocycles. The van der Waals surface area contributed by atoms with Crippen molar-refractivity contribution in [3.63, 3.8) is 0 Å². The van der Waals surface area contributed by atoms with Gasteiger partial charge in [-0.2, -0.15) is 0 Å². The van der Waals surface area contributed by atoms with Gasteiger partial charge in [0.1, 0.15) is 5.75 Å². The lowest BCUT2D eigenvalue weighted by molar-refractivity contribution is -0.128. The van der Waals surface area contributed by atoms with Gasteiger partial charge in [0.05, 0.1) is 19.1 Å². The molecule has 3 aromatic carbocycles. The van der Waals surface area contributed by atoms with Crippen molar-refractivity contribution in [3.8, 4) is 5.75 Å². The second kappa shape index (κ2) is 10.6. The van der Waals surface area contributed by atoms with Gasteiger partial charge >= 0.3 is 0 Å². The predicted molar refractivity (Wildman–Crippen MR) is 135 cm³/mol. The molecule has 5 nitrogen and oxygen atoms in total. The van der Waals surface area contributed by atoms with Gasteiger partial charge in [-0.15, -0.1) is 0 Å². The molecule has 0 spiro atoms. The van der Waals surface area contributed by atoms with E-state index in [1.54, 1.807) is 0 Å². The molecule has 5 heteroatoms. The lowest BCUT2D eigenvalue weighted by Crippen LogP contribution is -2.47. The zero-order valence-corrected chi connectivity index (χ0v) is 19.7. The molecule has 1 amide bonds. The number of fused-ring (bicyclic) bond motifs is 2. The predicted octanol–water partition coefficient (Wildman–Crippen LogP) is 3.95. The quantitative estimate of drug-likeness (QED) is 0.537. The number of benzene rings is 3. The molecule has 5 rings (SSSR count). The van der Waals surface area contributed by atoms with Gasteiger partial charge in [0.2, 0.25) is 5.91 Å². The van der Waals surface area contributed by atoms with E-state index in [9.17, 15) is 4.79 Å². The first-order valence-corrected chi connectivity index (χ1v) is 12.5. The van der Waals surface area contributed by atoms with Crippen LogP contribution in [0.2, 0.25) is 0 Å². The highest BCUT2D eigenvalue weighted by molar-refractivity contribution is 5.83. The summed E-state index contributed by atoms with van der Waals surface area (Å²) in [7, 11) is 0. The first-order chi connectivity index (χ1) is 16.7. The topological polar surface area (TPSA) is 61.8 Å². The summed E-state index contributed by atoms with van der Waals surface area (Å²) in [6, 6.07) is 21.5. The first-order valence-electron chi connectivity index (χ1n) is 12.5. The van der Waals surface area contributed by atoms with E-state index in [4.69, 9.17) is 9.84 Å². The number of piperidine rings is 1. The van der Waals surface area contributed by atoms with Gasteiger partial charge in [-0.3, -0.25) is 9.69 Å². The summed E-state index contributed by atoms with van der Waals surface area (Å²) in [6.07, 6.45) is 4.35. The molecule has 1 aliphatic heterocycles. The number of aryl methyl sites for hydroxylation is 2. The third-order valence-electron chi connectivity index (χ3n) is 7.17. The third-order valence-corrected chi connectivity index (χ3v) is 7.17. The number of likely N-dealkylation sites (tertiary alicyclic amines) is 1. The molecular formula is C29H34N2O3. The normalized spacial score (nSPS) is 20.3. The van der Waals surface area contributed by atoms with Crippen LogP contribution in [0.3, 0.4) is 0 Å². The highest BCUT2D eigenvalue weighted by Crippen LogP contribution is 2.29. The van der Waals surface area contributed by atoms with Crippen LogP contribution >= 0.6 is 0 Å². The van der Waals surface area contributed by atoms with E-state index in [2.05, 4.69) is 70.9 Å². The number of rotatable bonds is 8. The highest BCUT2D eigenvalue weighted by Gasteiger charge is 2.32. The van der Waals surface area contributed by atoms with Crippen molar-refractivity contribution in [2.45, 2.75) is 32.2 Å². The largest absolute Gasteiger partial charge is 0.493 e. The molecule has 34 heavy (non-hydrogen) atoms. The number of nitrogens with zero attached hydrogens (tertiary/aromatic N) is 1. The second-order valence-corrected chi connectivity index (χ2v) is 9.78. The van der Waals surface area contributed by atoms with Crippen molar-refractivity contribution >= 4 is 16.7 Å². The fourth-order valence-electron chi connectivity index (χ4n) is 5.51. The van der Waals surface area contributed by atoms with Gasteiger partial charge in [0, 0.05) is 32.1 Å². The monoisotopic (exact) mass is 458 g/mol. The Kier molecular flexibility index (Phi) is 7.12. The van der Waals surface area contributed by atoms with Crippen molar-refractivity contribution in [1.82, 2.24) is 10.2 Å². The number of aliphatic hydroxyl groups excluding tert-OH is 1. The summed E-state index contributed by atoms with van der Waals surface area (Å²) < 4.78 is 6.24. The van der Waals surface area contributed by atoms with Gasteiger partial charge in [0.15, 0.2) is 0 Å². The number of hydrogen-bond acceptors (Lipinski definition) is 4. The standard InChI is InChI=1S/C29H34N2O3/c32-13-12-30-29(33)27-15-22(20-34-28-11-10-24-6-3-7-26(24)16-28)18-31(19-27)17-21-8-9-23-4-1-2-5-25(23)14-21/h1-2,4-5,8-11,14,16,22,27,32H,3,6-7,12-13,15,17-20H2,(H,30,33)/t22-,27+/m0/s1. The third kappa shape index (κ3) is 5.43. The van der Waals surface area contributed by atoms with Crippen LogP contribution in [0, 0.1) is 11.8 Å². The van der Waals surface area contributed by atoms with Crippen LogP contribution in [-0.2, 0) is 24.2 Å². The summed E-state index contributed by atoms with van der Waals surface area (Å²) in [4.78, 5) is 15.2. The number of amides is 1. The van der Waals surface area contributed by atoms with E-state index in [0.717, 1.165) is 38.2 Å². The Labute approximate surface area is 201 Å². The summed E-state index contributed by atoms with van der Waals surface area (Å²) in [5.41, 5.74) is 4.13. The van der Waals surface area contributed by atoms with E-state index < -0.39 is 0 Å². The number of aliphatic hydroxyl groups is 1. The van der Waals surface area contributed by atoms with Gasteiger partial charge < -0.3 is 15.2 Å². The molecule has 0 unspecified atom stereocenters. The molecule has 2 aliphatic rings. The summed E-state index contributed by atoms with van der Waals surface area (Å²) in [6.45, 7) is 3.31. The smallest absolute Gasteiger partial charge is 0.224 e. The van der Waals surface area contributed by atoms with Crippen molar-refractivity contribution < 1.29 is 14.6 Å². The molecule has 0 bridgehead atoms. The molecule has 1 saturated heterocycles. The molecular weight excluding hydrogens is 424 g/mol. The molecule has 2 atom stereocenters. The Morgan fingerprint density at radius 2 is 1.85 bits per heavy atom. The average Bonchev–Trinajstić information content (AvgIpc) is 3.34. The van der Waals surface area contributed by atoms with Crippen LogP contribution < -0.4 is 10.1 Å². The van der Waals surface area contributed by atoms with Crippen molar-refractivity contribution in [3.05, 3.63) is 77.4 Å². The average molecular weight is 459 g/mol. The van der Waals surface area contributed by atoms with Crippen LogP contribution in [-0.4, -0.2) is 48.8 Å². The van der Waals surface area contributed by atoms with Crippen LogP contribution in [0.4, 0.5) is 0 Å². The van der Waals surface area contributed by atoms with Crippen LogP contribution in [0.15, 0.2) is 60.7 Å². The minimum Gasteiger partial charge on any atom is -0.493 e. The molecule has 0 aromatic heterocycles. The molecule has 3 aromatic rings. The van der Waals surface area contributed by atoms with Gasteiger partial charge in [-0.05, 0) is 71.3 Å². The first kappa shape index (κ1) is 22.9. The lowest BCUT2D eigenvalue weighted by Gasteiger charge is -2.37. The number of carbonyl (C=O) groups is 1. The SMILES string of the molecule is O=C(NCCO)[C@@H]1C[C@H](COc2ccc3c(c2)CCC3)CN(Cc2ccc3ccccc3c2)C1. The second-order valence-electron chi connectivity index (χ2n) is 9.78. The minimum absolute atomic E-state index is 0.0276. The maximum atomic E-state index is 12.8. The fourth-order valence-corrected chi connectivity index (χ4v) is 5.51. The van der Waals surface area contributed by atoms with E-state index in [1.165, 1.54) is 40.3 Å². The van der Waals surface area contributed by atoms with Gasteiger partial charge in [0.25, 0.3) is 0 Å². The molecule has 178 valence electrons. The summed E-state index contributed by atoms with van der Waals surface area (Å²) in [5.74, 6) is 1.13. The number of nitrogens with one attached hydrogen (secondary N) is 1. The number of ether oxygens (including phenoxy) is 1. The van der Waals surface area contributed by atoms with Crippen LogP contribution in [0.5, 0.6) is 5.75 Å². The van der Waals surface area contributed by atoms with Crippen LogP contribution in [0.1, 0.15) is 29.5 Å². The molecule has 2 N–H and O–H groups in total. The summed E-state index contributed by atoms with van der Waals surface area (Å²) in [5, 5.41) is 14.5. The van der Waals surface area contributed by atoms with Crippen molar-refractivity contribution in [2.75, 3.05) is 32.8 Å². The molecule has 0 saturated carbocycles. The highest BCUT2D eigenvalue weighted by atomic mass is 16.5. The Morgan fingerprint density at radius 1 is 1.00 bits per heavy atom. The molecule has 0 radical (unpaired) electrons. The Balaban J connectivity index is 1.27.